The third-order valence-electron chi connectivity index (χ3n) is 2.78. The molecular weight excluding hydrogens is 313 g/mol. The van der Waals surface area contributed by atoms with Gasteiger partial charge in [-0.25, -0.2) is 4.79 Å². The zero-order valence-electron chi connectivity index (χ0n) is 12.9. The highest BCUT2D eigenvalue weighted by Gasteiger charge is 2.35. The number of benzene rings is 1. The van der Waals surface area contributed by atoms with Crippen molar-refractivity contribution < 1.29 is 27.8 Å². The Hall–Kier alpha value is -2.51. The Morgan fingerprint density at radius 1 is 1.26 bits per heavy atom. The monoisotopic (exact) mass is 330 g/mol. The summed E-state index contributed by atoms with van der Waals surface area (Å²) in [4.78, 5) is 11.0. The fraction of sp³-hybridized carbons (Fsp3) is 0.333. The van der Waals surface area contributed by atoms with Gasteiger partial charge in [-0.15, -0.1) is 0 Å². The Morgan fingerprint density at radius 3 is 2.26 bits per heavy atom. The van der Waals surface area contributed by atoms with Crippen molar-refractivity contribution in [1.82, 2.24) is 9.78 Å². The Kier molecular flexibility index (Phi) is 6.18. The number of hydrogen-bond donors (Lipinski definition) is 1. The topological polar surface area (TPSA) is 64.4 Å². The first-order valence-corrected chi connectivity index (χ1v) is 6.82. The molecule has 0 saturated heterocycles. The third kappa shape index (κ3) is 4.73. The summed E-state index contributed by atoms with van der Waals surface area (Å²) in [6.07, 6.45) is -4.69. The molecule has 0 atom stereocenters. The van der Waals surface area contributed by atoms with Crippen LogP contribution in [0.4, 0.5) is 13.2 Å². The summed E-state index contributed by atoms with van der Waals surface area (Å²) in [5, 5.41) is 12.3. The summed E-state index contributed by atoms with van der Waals surface area (Å²) in [5.41, 5.74) is -1.14. The molecule has 0 radical (unpaired) electrons. The van der Waals surface area contributed by atoms with Crippen LogP contribution in [-0.2, 0) is 12.7 Å². The second kappa shape index (κ2) is 7.66. The van der Waals surface area contributed by atoms with E-state index < -0.39 is 23.5 Å². The molecule has 8 heteroatoms. The molecule has 0 aliphatic rings. The first-order chi connectivity index (χ1) is 10.8. The Balaban J connectivity index is 0.00000127. The molecule has 126 valence electrons. The first kappa shape index (κ1) is 18.5. The number of rotatable bonds is 4. The molecule has 1 N–H and O–H groups in total. The standard InChI is InChI=1S/C13H11F3N2O3.C2H6/c1-21-9-4-2-8(3-5-9)7-18-10(12(19)20)6-11(17-18)13(14,15)16;1-2/h2-6H,7H2,1H3,(H,19,20);1-2H3. The highest BCUT2D eigenvalue weighted by atomic mass is 19.4. The molecule has 0 unspecified atom stereocenters. The largest absolute Gasteiger partial charge is 0.497 e. The second-order valence-electron chi connectivity index (χ2n) is 4.22. The van der Waals surface area contributed by atoms with Gasteiger partial charge in [0.2, 0.25) is 0 Å². The van der Waals surface area contributed by atoms with Gasteiger partial charge in [-0.1, -0.05) is 26.0 Å². The average Bonchev–Trinajstić information content (AvgIpc) is 2.94. The van der Waals surface area contributed by atoms with Crippen LogP contribution in [0.15, 0.2) is 30.3 Å². The smallest absolute Gasteiger partial charge is 0.435 e. The van der Waals surface area contributed by atoms with E-state index in [9.17, 15) is 18.0 Å². The van der Waals surface area contributed by atoms with Gasteiger partial charge in [-0.05, 0) is 17.7 Å². The minimum Gasteiger partial charge on any atom is -0.497 e. The summed E-state index contributed by atoms with van der Waals surface area (Å²) in [7, 11) is 1.49. The lowest BCUT2D eigenvalue weighted by Gasteiger charge is -2.06. The van der Waals surface area contributed by atoms with Crippen LogP contribution < -0.4 is 4.74 Å². The second-order valence-corrected chi connectivity index (χ2v) is 4.22. The predicted octanol–water partition coefficient (Wildman–Crippen LogP) is 3.68. The number of aromatic nitrogens is 2. The molecular formula is C15H17F3N2O3. The average molecular weight is 330 g/mol. The van der Waals surface area contributed by atoms with E-state index in [0.717, 1.165) is 4.68 Å². The Morgan fingerprint density at radius 2 is 1.83 bits per heavy atom. The molecule has 0 spiro atoms. The van der Waals surface area contributed by atoms with Gasteiger partial charge >= 0.3 is 12.1 Å². The quantitative estimate of drug-likeness (QED) is 0.929. The molecule has 0 aliphatic carbocycles. The Labute approximate surface area is 131 Å². The van der Waals surface area contributed by atoms with Crippen molar-refractivity contribution in [1.29, 1.82) is 0 Å². The molecule has 23 heavy (non-hydrogen) atoms. The van der Waals surface area contributed by atoms with Crippen LogP contribution in [0.5, 0.6) is 5.75 Å². The number of halogens is 3. The minimum atomic E-state index is -4.69. The fourth-order valence-corrected chi connectivity index (χ4v) is 1.75. The normalized spacial score (nSPS) is 10.7. The molecule has 2 aromatic rings. The highest BCUT2D eigenvalue weighted by molar-refractivity contribution is 5.85. The van der Waals surface area contributed by atoms with Crippen molar-refractivity contribution >= 4 is 5.97 Å². The highest BCUT2D eigenvalue weighted by Crippen LogP contribution is 2.28. The van der Waals surface area contributed by atoms with Crippen molar-refractivity contribution in [2.45, 2.75) is 26.6 Å². The van der Waals surface area contributed by atoms with Crippen LogP contribution in [0.3, 0.4) is 0 Å². The van der Waals surface area contributed by atoms with Crippen molar-refractivity contribution in [2.75, 3.05) is 7.11 Å². The maximum absolute atomic E-state index is 12.6. The van der Waals surface area contributed by atoms with E-state index in [4.69, 9.17) is 9.84 Å². The van der Waals surface area contributed by atoms with E-state index >= 15 is 0 Å². The SMILES string of the molecule is CC.COc1ccc(Cn2nc(C(F)(F)F)cc2C(=O)O)cc1. The van der Waals surface area contributed by atoms with Gasteiger partial charge in [-0.3, -0.25) is 4.68 Å². The van der Waals surface area contributed by atoms with Gasteiger partial charge < -0.3 is 9.84 Å². The molecule has 1 heterocycles. The number of carboxylic acid groups (broad SMARTS) is 1. The lowest BCUT2D eigenvalue weighted by atomic mass is 10.2. The maximum Gasteiger partial charge on any atom is 0.435 e. The van der Waals surface area contributed by atoms with E-state index in [1.165, 1.54) is 7.11 Å². The number of hydrogen-bond acceptors (Lipinski definition) is 3. The van der Waals surface area contributed by atoms with Crippen molar-refractivity contribution in [2.24, 2.45) is 0 Å². The van der Waals surface area contributed by atoms with E-state index in [2.05, 4.69) is 5.10 Å². The number of aromatic carboxylic acids is 1. The van der Waals surface area contributed by atoms with Crippen LogP contribution in [-0.4, -0.2) is 28.0 Å². The first-order valence-electron chi connectivity index (χ1n) is 6.82. The molecule has 1 aromatic carbocycles. The van der Waals surface area contributed by atoms with Gasteiger partial charge in [0.15, 0.2) is 5.69 Å². The van der Waals surface area contributed by atoms with Gasteiger partial charge in [0, 0.05) is 6.07 Å². The number of nitrogens with zero attached hydrogens (tertiary/aromatic N) is 2. The van der Waals surface area contributed by atoms with Crippen LogP contribution in [0.25, 0.3) is 0 Å². The fourth-order valence-electron chi connectivity index (χ4n) is 1.75. The van der Waals surface area contributed by atoms with E-state index in [-0.39, 0.29) is 6.54 Å². The van der Waals surface area contributed by atoms with E-state index in [1.807, 2.05) is 13.8 Å². The molecule has 0 bridgehead atoms. The predicted molar refractivity (Wildman–Crippen MR) is 77.6 cm³/mol. The van der Waals surface area contributed by atoms with Gasteiger partial charge in [0.1, 0.15) is 11.4 Å². The third-order valence-corrected chi connectivity index (χ3v) is 2.78. The summed E-state index contributed by atoms with van der Waals surface area (Å²) in [6, 6.07) is 7.03. The Bertz CT molecular complexity index is 649. The zero-order valence-corrected chi connectivity index (χ0v) is 12.9. The van der Waals surface area contributed by atoms with Crippen molar-refractivity contribution in [3.05, 3.63) is 47.3 Å². The van der Waals surface area contributed by atoms with Crippen molar-refractivity contribution in [3.8, 4) is 5.75 Å². The molecule has 0 fully saturated rings. The number of ether oxygens (including phenoxy) is 1. The summed E-state index contributed by atoms with van der Waals surface area (Å²) in [5.74, 6) is -0.875. The summed E-state index contributed by atoms with van der Waals surface area (Å²) < 4.78 is 43.6. The van der Waals surface area contributed by atoms with Crippen molar-refractivity contribution in [3.63, 3.8) is 0 Å². The molecule has 0 amide bonds. The van der Waals surface area contributed by atoms with Crippen LogP contribution in [0.2, 0.25) is 0 Å². The van der Waals surface area contributed by atoms with E-state index in [0.29, 0.717) is 17.4 Å². The summed E-state index contributed by atoms with van der Waals surface area (Å²) in [6.45, 7) is 3.92. The zero-order chi connectivity index (χ0) is 17.6. The molecule has 2 rings (SSSR count). The van der Waals surface area contributed by atoms with Crippen LogP contribution in [0.1, 0.15) is 35.6 Å². The molecule has 0 saturated carbocycles. The van der Waals surface area contributed by atoms with Gasteiger partial charge in [0.25, 0.3) is 0 Å². The van der Waals surface area contributed by atoms with Crippen LogP contribution >= 0.6 is 0 Å². The van der Waals surface area contributed by atoms with Crippen LogP contribution in [0, 0.1) is 0 Å². The van der Waals surface area contributed by atoms with Gasteiger partial charge in [0.05, 0.1) is 13.7 Å². The lowest BCUT2D eigenvalue weighted by Crippen LogP contribution is -2.12. The molecule has 5 nitrogen and oxygen atoms in total. The summed E-state index contributed by atoms with van der Waals surface area (Å²) >= 11 is 0. The minimum absolute atomic E-state index is 0.0816. The number of alkyl halides is 3. The van der Waals surface area contributed by atoms with Gasteiger partial charge in [-0.2, -0.15) is 18.3 Å². The number of carbonyl (C=O) groups is 1. The van der Waals surface area contributed by atoms with E-state index in [1.54, 1.807) is 24.3 Å². The lowest BCUT2D eigenvalue weighted by molar-refractivity contribution is -0.141. The number of methoxy groups -OCH3 is 1. The maximum atomic E-state index is 12.6. The molecule has 0 aliphatic heterocycles. The number of carboxylic acids is 1. The molecule has 1 aromatic heterocycles.